The molecular weight excluding hydrogens is 220 g/mol. The molecule has 1 amide bonds. The number of rotatable bonds is 0. The van der Waals surface area contributed by atoms with Gasteiger partial charge in [-0.1, -0.05) is 0 Å². The fraction of sp³-hybridized carbons (Fsp3) is 0.545. The van der Waals surface area contributed by atoms with Gasteiger partial charge in [0.05, 0.1) is 5.41 Å². The van der Waals surface area contributed by atoms with Crippen LogP contribution < -0.4 is 10.6 Å². The number of hydrogen-bond acceptors (Lipinski definition) is 5. The fourth-order valence-electron chi connectivity index (χ4n) is 2.71. The number of amides is 1. The van der Waals surface area contributed by atoms with Gasteiger partial charge in [-0.3, -0.25) is 9.69 Å². The Morgan fingerprint density at radius 2 is 2.18 bits per heavy atom. The lowest BCUT2D eigenvalue weighted by Gasteiger charge is -2.31. The molecule has 1 aromatic rings. The van der Waals surface area contributed by atoms with Gasteiger partial charge in [-0.15, -0.1) is 0 Å². The quantitative estimate of drug-likeness (QED) is 0.687. The smallest absolute Gasteiger partial charge is 0.238 e. The van der Waals surface area contributed by atoms with Gasteiger partial charge in [-0.25, -0.2) is 4.98 Å². The van der Waals surface area contributed by atoms with E-state index in [1.54, 1.807) is 18.1 Å². The van der Waals surface area contributed by atoms with E-state index in [0.717, 1.165) is 5.56 Å². The maximum Gasteiger partial charge on any atom is 0.238 e. The Labute approximate surface area is 98.8 Å². The third-order valence-corrected chi connectivity index (χ3v) is 3.68. The summed E-state index contributed by atoms with van der Waals surface area (Å²) in [7, 11) is 1.73. The van der Waals surface area contributed by atoms with Crippen molar-refractivity contribution in [1.82, 2.24) is 9.97 Å². The molecule has 1 saturated heterocycles. The highest BCUT2D eigenvalue weighted by molar-refractivity contribution is 6.06. The van der Waals surface area contributed by atoms with E-state index in [-0.39, 0.29) is 11.9 Å². The van der Waals surface area contributed by atoms with E-state index in [2.05, 4.69) is 9.97 Å². The molecule has 1 aromatic heterocycles. The molecule has 0 radical (unpaired) electrons. The average molecular weight is 234 g/mol. The van der Waals surface area contributed by atoms with Gasteiger partial charge in [0.15, 0.2) is 0 Å². The van der Waals surface area contributed by atoms with Crippen LogP contribution in [0.3, 0.4) is 0 Å². The van der Waals surface area contributed by atoms with Crippen molar-refractivity contribution in [3.05, 3.63) is 11.8 Å². The first-order valence-corrected chi connectivity index (χ1v) is 5.64. The lowest BCUT2D eigenvalue weighted by atomic mass is 9.76. The van der Waals surface area contributed by atoms with Crippen molar-refractivity contribution in [1.29, 1.82) is 0 Å². The molecule has 17 heavy (non-hydrogen) atoms. The van der Waals surface area contributed by atoms with E-state index in [4.69, 9.17) is 10.5 Å². The minimum absolute atomic E-state index is 0.0794. The summed E-state index contributed by atoms with van der Waals surface area (Å²) in [6, 6.07) is 0. The lowest BCUT2D eigenvalue weighted by Crippen LogP contribution is -2.42. The molecule has 0 atom stereocenters. The number of carbonyl (C=O) groups is 1. The number of fused-ring (bicyclic) bond motifs is 2. The summed E-state index contributed by atoms with van der Waals surface area (Å²) < 4.78 is 5.34. The third kappa shape index (κ3) is 1.27. The Kier molecular flexibility index (Phi) is 2.09. The lowest BCUT2D eigenvalue weighted by molar-refractivity contribution is -0.126. The number of hydrogen-bond donors (Lipinski definition) is 1. The normalized spacial score (nSPS) is 21.9. The molecule has 3 heterocycles. The summed E-state index contributed by atoms with van der Waals surface area (Å²) in [6.45, 7) is 1.20. The van der Waals surface area contributed by atoms with Gasteiger partial charge in [0.1, 0.15) is 5.82 Å². The van der Waals surface area contributed by atoms with Gasteiger partial charge in [0, 0.05) is 32.0 Å². The molecule has 1 fully saturated rings. The van der Waals surface area contributed by atoms with Crippen LogP contribution in [0.5, 0.6) is 0 Å². The Balaban J connectivity index is 2.16. The molecule has 0 unspecified atom stereocenters. The standard InChI is InChI=1S/C11H14N4O2/c1-15-8-7(6-13-10(12)14-8)11(9(15)16)2-4-17-5-3-11/h6H,2-5H2,1H3,(H2,12,13,14). The number of anilines is 2. The number of ether oxygens (including phenoxy) is 1. The molecule has 0 aliphatic carbocycles. The first kappa shape index (κ1) is 10.5. The zero-order chi connectivity index (χ0) is 12.0. The van der Waals surface area contributed by atoms with Crippen LogP contribution >= 0.6 is 0 Å². The summed E-state index contributed by atoms with van der Waals surface area (Å²) >= 11 is 0. The molecule has 6 heteroatoms. The molecule has 0 saturated carbocycles. The zero-order valence-electron chi connectivity index (χ0n) is 9.64. The summed E-state index contributed by atoms with van der Waals surface area (Å²) in [5.74, 6) is 0.924. The van der Waals surface area contributed by atoms with Crippen molar-refractivity contribution in [3.8, 4) is 0 Å². The van der Waals surface area contributed by atoms with Crippen molar-refractivity contribution in [2.24, 2.45) is 0 Å². The highest BCUT2D eigenvalue weighted by Crippen LogP contribution is 2.45. The highest BCUT2D eigenvalue weighted by Gasteiger charge is 2.51. The molecule has 3 rings (SSSR count). The van der Waals surface area contributed by atoms with Crippen LogP contribution in [0.25, 0.3) is 0 Å². The minimum atomic E-state index is -0.490. The molecule has 0 aromatic carbocycles. The van der Waals surface area contributed by atoms with Gasteiger partial charge in [-0.05, 0) is 12.8 Å². The van der Waals surface area contributed by atoms with Crippen molar-refractivity contribution in [3.63, 3.8) is 0 Å². The van der Waals surface area contributed by atoms with Crippen molar-refractivity contribution >= 4 is 17.7 Å². The fourth-order valence-corrected chi connectivity index (χ4v) is 2.71. The van der Waals surface area contributed by atoms with E-state index >= 15 is 0 Å². The number of nitrogen functional groups attached to an aromatic ring is 1. The van der Waals surface area contributed by atoms with Gasteiger partial charge >= 0.3 is 0 Å². The SMILES string of the molecule is CN1C(=O)C2(CCOCC2)c2cnc(N)nc21. The molecular formula is C11H14N4O2. The van der Waals surface area contributed by atoms with Crippen LogP contribution in [0.1, 0.15) is 18.4 Å². The largest absolute Gasteiger partial charge is 0.381 e. The van der Waals surface area contributed by atoms with Crippen LogP contribution in [-0.4, -0.2) is 36.1 Å². The number of aromatic nitrogens is 2. The van der Waals surface area contributed by atoms with Crippen molar-refractivity contribution in [2.45, 2.75) is 18.3 Å². The Morgan fingerprint density at radius 3 is 2.88 bits per heavy atom. The van der Waals surface area contributed by atoms with Crippen LogP contribution in [0.2, 0.25) is 0 Å². The predicted molar refractivity (Wildman–Crippen MR) is 61.6 cm³/mol. The molecule has 90 valence electrons. The van der Waals surface area contributed by atoms with Gasteiger partial charge in [0.2, 0.25) is 11.9 Å². The summed E-state index contributed by atoms with van der Waals surface area (Å²) in [5, 5.41) is 0. The summed E-state index contributed by atoms with van der Waals surface area (Å²) in [5.41, 5.74) is 5.97. The maximum absolute atomic E-state index is 12.4. The van der Waals surface area contributed by atoms with Gasteiger partial charge < -0.3 is 10.5 Å². The number of likely N-dealkylation sites (N-methyl/N-ethyl adjacent to an activating group) is 1. The van der Waals surface area contributed by atoms with E-state index < -0.39 is 5.41 Å². The third-order valence-electron chi connectivity index (χ3n) is 3.68. The first-order chi connectivity index (χ1) is 8.15. The summed E-state index contributed by atoms with van der Waals surface area (Å²) in [4.78, 5) is 22.2. The van der Waals surface area contributed by atoms with Gasteiger partial charge in [-0.2, -0.15) is 4.98 Å². The van der Waals surface area contributed by atoms with E-state index in [1.165, 1.54) is 0 Å². The molecule has 2 aliphatic rings. The predicted octanol–water partition coefficient (Wildman–Crippen LogP) is 0.0834. The Hall–Kier alpha value is -1.69. The van der Waals surface area contributed by atoms with Gasteiger partial charge in [0.25, 0.3) is 0 Å². The molecule has 1 spiro atoms. The van der Waals surface area contributed by atoms with Crippen LogP contribution in [0, 0.1) is 0 Å². The number of nitrogens with two attached hydrogens (primary N) is 1. The Bertz CT molecular complexity index is 482. The van der Waals surface area contributed by atoms with Crippen molar-refractivity contribution in [2.75, 3.05) is 30.9 Å². The van der Waals surface area contributed by atoms with E-state index in [1.807, 2.05) is 0 Å². The highest BCUT2D eigenvalue weighted by atomic mass is 16.5. The van der Waals surface area contributed by atoms with Crippen molar-refractivity contribution < 1.29 is 9.53 Å². The minimum Gasteiger partial charge on any atom is -0.381 e. The van der Waals surface area contributed by atoms with Crippen LogP contribution in [-0.2, 0) is 14.9 Å². The zero-order valence-corrected chi connectivity index (χ0v) is 9.64. The van der Waals surface area contributed by atoms with Crippen LogP contribution in [0.4, 0.5) is 11.8 Å². The molecule has 2 N–H and O–H groups in total. The summed E-state index contributed by atoms with van der Waals surface area (Å²) in [6.07, 6.45) is 3.07. The monoisotopic (exact) mass is 234 g/mol. The van der Waals surface area contributed by atoms with E-state index in [9.17, 15) is 4.79 Å². The average Bonchev–Trinajstić information content (AvgIpc) is 2.54. The number of carbonyl (C=O) groups excluding carboxylic acids is 1. The first-order valence-electron chi connectivity index (χ1n) is 5.64. The Morgan fingerprint density at radius 1 is 1.47 bits per heavy atom. The topological polar surface area (TPSA) is 81.3 Å². The van der Waals surface area contributed by atoms with E-state index in [0.29, 0.717) is 31.9 Å². The second-order valence-electron chi connectivity index (χ2n) is 4.52. The molecule has 2 aliphatic heterocycles. The number of nitrogens with zero attached hydrogens (tertiary/aromatic N) is 3. The second kappa shape index (κ2) is 3.40. The molecule has 6 nitrogen and oxygen atoms in total. The molecule has 0 bridgehead atoms. The second-order valence-corrected chi connectivity index (χ2v) is 4.52. The maximum atomic E-state index is 12.4. The van der Waals surface area contributed by atoms with Crippen LogP contribution in [0.15, 0.2) is 6.20 Å².